The van der Waals surface area contributed by atoms with Gasteiger partial charge in [0, 0.05) is 12.7 Å². The summed E-state index contributed by atoms with van der Waals surface area (Å²) in [7, 11) is 1.63. The Balaban J connectivity index is 2.06. The minimum absolute atomic E-state index is 0.448. The summed E-state index contributed by atoms with van der Waals surface area (Å²) in [6.45, 7) is 2.11. The predicted molar refractivity (Wildman–Crippen MR) is 75.4 cm³/mol. The molecular weight excluding hydrogens is 282 g/mol. The lowest BCUT2D eigenvalue weighted by atomic mass is 10.2. The van der Waals surface area contributed by atoms with Crippen molar-refractivity contribution in [2.24, 2.45) is 0 Å². The van der Waals surface area contributed by atoms with E-state index in [2.05, 4.69) is 15.5 Å². The summed E-state index contributed by atoms with van der Waals surface area (Å²) in [4.78, 5) is 0. The van der Waals surface area contributed by atoms with Gasteiger partial charge in [-0.2, -0.15) is 0 Å². The number of hydrogen-bond acceptors (Lipinski definition) is 6. The predicted octanol–water partition coefficient (Wildman–Crippen LogP) is 1.24. The Kier molecular flexibility index (Phi) is 5.28. The minimum atomic E-state index is 0.448. The molecular formula is C12H16ClN5O2. The highest BCUT2D eigenvalue weighted by atomic mass is 35.5. The molecule has 0 aliphatic heterocycles. The van der Waals surface area contributed by atoms with Gasteiger partial charge in [-0.15, -0.1) is 5.10 Å². The van der Waals surface area contributed by atoms with E-state index < -0.39 is 0 Å². The number of ether oxygens (including phenoxy) is 2. The topological polar surface area (TPSA) is 88.1 Å². The second-order valence-electron chi connectivity index (χ2n) is 4.04. The van der Waals surface area contributed by atoms with Crippen molar-refractivity contribution in [3.8, 4) is 11.4 Å². The Hall–Kier alpha value is -1.70. The second-order valence-corrected chi connectivity index (χ2v) is 4.42. The average Bonchev–Trinajstić information content (AvgIpc) is 2.90. The van der Waals surface area contributed by atoms with Crippen LogP contribution >= 0.6 is 11.6 Å². The molecule has 0 aliphatic rings. The fourth-order valence-corrected chi connectivity index (χ4v) is 1.88. The third-order valence-electron chi connectivity index (χ3n) is 2.68. The van der Waals surface area contributed by atoms with Gasteiger partial charge in [0.25, 0.3) is 0 Å². The van der Waals surface area contributed by atoms with Crippen LogP contribution < -0.4 is 5.73 Å². The lowest BCUT2D eigenvalue weighted by Gasteiger charge is -2.08. The normalized spacial score (nSPS) is 10.9. The molecule has 8 heteroatoms. The third kappa shape index (κ3) is 3.44. The third-order valence-corrected chi connectivity index (χ3v) is 3.10. The van der Waals surface area contributed by atoms with E-state index in [0.29, 0.717) is 48.5 Å². The molecule has 1 aromatic carbocycles. The minimum Gasteiger partial charge on any atom is -0.398 e. The largest absolute Gasteiger partial charge is 0.398 e. The molecule has 0 saturated heterocycles. The summed E-state index contributed by atoms with van der Waals surface area (Å²) in [5.41, 5.74) is 6.98. The van der Waals surface area contributed by atoms with E-state index in [-0.39, 0.29) is 0 Å². The summed E-state index contributed by atoms with van der Waals surface area (Å²) in [5.74, 6) is 0.567. The maximum Gasteiger partial charge on any atom is 0.183 e. The fraction of sp³-hybridized carbons (Fsp3) is 0.417. The number of nitrogens with two attached hydrogens (primary N) is 1. The first-order valence-electron chi connectivity index (χ1n) is 6.11. The van der Waals surface area contributed by atoms with Gasteiger partial charge in [0.1, 0.15) is 0 Å². The fourth-order valence-electron chi connectivity index (χ4n) is 1.67. The molecule has 0 atom stereocenters. The molecule has 0 fully saturated rings. The van der Waals surface area contributed by atoms with Crippen LogP contribution in [-0.4, -0.2) is 47.1 Å². The Bertz CT molecular complexity index is 561. The zero-order valence-corrected chi connectivity index (χ0v) is 11.9. The Morgan fingerprint density at radius 1 is 1.30 bits per heavy atom. The molecule has 2 N–H and O–H groups in total. The van der Waals surface area contributed by atoms with Crippen LogP contribution in [-0.2, 0) is 16.0 Å². The molecule has 20 heavy (non-hydrogen) atoms. The van der Waals surface area contributed by atoms with Gasteiger partial charge in [0.15, 0.2) is 5.82 Å². The van der Waals surface area contributed by atoms with E-state index >= 15 is 0 Å². The van der Waals surface area contributed by atoms with Gasteiger partial charge in [0.05, 0.1) is 37.1 Å². The van der Waals surface area contributed by atoms with Gasteiger partial charge in [-0.3, -0.25) is 0 Å². The van der Waals surface area contributed by atoms with Crippen molar-refractivity contribution in [1.82, 2.24) is 20.2 Å². The Labute approximate surface area is 121 Å². The number of hydrogen-bond donors (Lipinski definition) is 1. The molecule has 0 saturated carbocycles. The monoisotopic (exact) mass is 297 g/mol. The molecule has 1 aromatic heterocycles. The number of rotatable bonds is 7. The van der Waals surface area contributed by atoms with Crippen LogP contribution in [0.1, 0.15) is 0 Å². The maximum atomic E-state index is 6.18. The van der Waals surface area contributed by atoms with Gasteiger partial charge >= 0.3 is 0 Å². The summed E-state index contributed by atoms with van der Waals surface area (Å²) in [5, 5.41) is 12.0. The molecule has 0 amide bonds. The number of anilines is 1. The lowest BCUT2D eigenvalue weighted by Crippen LogP contribution is -2.11. The van der Waals surface area contributed by atoms with E-state index in [1.807, 2.05) is 12.1 Å². The van der Waals surface area contributed by atoms with Gasteiger partial charge in [-0.1, -0.05) is 17.7 Å². The maximum absolute atomic E-state index is 6.18. The van der Waals surface area contributed by atoms with Gasteiger partial charge in [-0.25, -0.2) is 4.68 Å². The highest BCUT2D eigenvalue weighted by Crippen LogP contribution is 2.30. The van der Waals surface area contributed by atoms with Crippen molar-refractivity contribution < 1.29 is 9.47 Å². The number of methoxy groups -OCH3 is 1. The highest BCUT2D eigenvalue weighted by molar-refractivity contribution is 6.35. The highest BCUT2D eigenvalue weighted by Gasteiger charge is 2.13. The van der Waals surface area contributed by atoms with E-state index in [1.54, 1.807) is 17.9 Å². The number of halogens is 1. The molecule has 0 spiro atoms. The lowest BCUT2D eigenvalue weighted by molar-refractivity contribution is 0.0654. The van der Waals surface area contributed by atoms with Crippen LogP contribution in [0.3, 0.4) is 0 Å². The van der Waals surface area contributed by atoms with E-state index in [0.717, 1.165) is 0 Å². The molecule has 0 radical (unpaired) electrons. The summed E-state index contributed by atoms with van der Waals surface area (Å²) in [6, 6.07) is 5.37. The van der Waals surface area contributed by atoms with E-state index in [9.17, 15) is 0 Å². The molecule has 108 valence electrons. The van der Waals surface area contributed by atoms with Crippen LogP contribution in [0, 0.1) is 0 Å². The van der Waals surface area contributed by atoms with Crippen molar-refractivity contribution in [3.05, 3.63) is 23.2 Å². The first-order valence-corrected chi connectivity index (χ1v) is 6.49. The Morgan fingerprint density at radius 3 is 2.95 bits per heavy atom. The van der Waals surface area contributed by atoms with Crippen molar-refractivity contribution in [1.29, 1.82) is 0 Å². The number of nitrogens with zero attached hydrogens (tertiary/aromatic N) is 4. The van der Waals surface area contributed by atoms with Gasteiger partial charge < -0.3 is 15.2 Å². The molecule has 0 aliphatic carbocycles. The van der Waals surface area contributed by atoms with Crippen molar-refractivity contribution in [3.63, 3.8) is 0 Å². The SMILES string of the molecule is COCCOCCn1nnnc1-c1cccc(N)c1Cl. The molecule has 0 bridgehead atoms. The standard InChI is InChI=1S/C12H16ClN5O2/c1-19-7-8-20-6-5-18-12(15-16-17-18)9-3-2-4-10(14)11(9)13/h2-4H,5-8,14H2,1H3. The summed E-state index contributed by atoms with van der Waals surface area (Å²) >= 11 is 6.18. The number of aromatic nitrogens is 4. The van der Waals surface area contributed by atoms with E-state index in [1.165, 1.54) is 0 Å². The molecule has 1 heterocycles. The zero-order valence-electron chi connectivity index (χ0n) is 11.1. The van der Waals surface area contributed by atoms with Crippen LogP contribution in [0.25, 0.3) is 11.4 Å². The van der Waals surface area contributed by atoms with Gasteiger partial charge in [0.2, 0.25) is 0 Å². The van der Waals surface area contributed by atoms with Crippen LogP contribution in [0.5, 0.6) is 0 Å². The van der Waals surface area contributed by atoms with Crippen LogP contribution in [0.2, 0.25) is 5.02 Å². The number of benzene rings is 1. The quantitative estimate of drug-likeness (QED) is 0.611. The molecule has 2 rings (SSSR count). The number of nitrogen functional groups attached to an aromatic ring is 1. The van der Waals surface area contributed by atoms with Crippen molar-refractivity contribution >= 4 is 17.3 Å². The van der Waals surface area contributed by atoms with Crippen LogP contribution in [0.15, 0.2) is 18.2 Å². The van der Waals surface area contributed by atoms with Crippen molar-refractivity contribution in [2.75, 3.05) is 32.7 Å². The second kappa shape index (κ2) is 7.18. The summed E-state index contributed by atoms with van der Waals surface area (Å²) in [6.07, 6.45) is 0. The van der Waals surface area contributed by atoms with E-state index in [4.69, 9.17) is 26.8 Å². The smallest absolute Gasteiger partial charge is 0.183 e. The summed E-state index contributed by atoms with van der Waals surface area (Å²) < 4.78 is 11.9. The van der Waals surface area contributed by atoms with Gasteiger partial charge in [-0.05, 0) is 22.6 Å². The average molecular weight is 298 g/mol. The first-order chi connectivity index (χ1) is 9.74. The van der Waals surface area contributed by atoms with Crippen LogP contribution in [0.4, 0.5) is 5.69 Å². The zero-order chi connectivity index (χ0) is 14.4. The molecule has 7 nitrogen and oxygen atoms in total. The number of tetrazole rings is 1. The molecule has 2 aromatic rings. The molecule has 0 unspecified atom stereocenters. The van der Waals surface area contributed by atoms with Crippen molar-refractivity contribution in [2.45, 2.75) is 6.54 Å². The first kappa shape index (κ1) is 14.7. The Morgan fingerprint density at radius 2 is 2.15 bits per heavy atom.